The van der Waals surface area contributed by atoms with Gasteiger partial charge >= 0.3 is 0 Å². The lowest BCUT2D eigenvalue weighted by atomic mass is 9.99. The van der Waals surface area contributed by atoms with Crippen LogP contribution in [0, 0.1) is 13.8 Å². The van der Waals surface area contributed by atoms with Gasteiger partial charge in [0.05, 0.1) is 24.5 Å². The number of nitrogens with one attached hydrogen (secondary N) is 1. The van der Waals surface area contributed by atoms with Gasteiger partial charge < -0.3 is 10.1 Å². The Morgan fingerprint density at radius 3 is 2.57 bits per heavy atom. The van der Waals surface area contributed by atoms with Crippen LogP contribution >= 0.6 is 0 Å². The number of benzene rings is 2. The molecule has 0 aromatic heterocycles. The number of rotatable bonds is 5. The second kappa shape index (κ2) is 7.83. The summed E-state index contributed by atoms with van der Waals surface area (Å²) in [6, 6.07) is 12.8. The Kier molecular flexibility index (Phi) is 5.65. The fourth-order valence-corrected chi connectivity index (χ4v) is 4.23. The van der Waals surface area contributed by atoms with Gasteiger partial charge in [0.25, 0.3) is 5.91 Å². The third-order valence-electron chi connectivity index (χ3n) is 5.09. The number of carbonyl (C=O) groups excluding carboxylic acids is 1. The van der Waals surface area contributed by atoms with E-state index >= 15 is 0 Å². The summed E-state index contributed by atoms with van der Waals surface area (Å²) in [5.74, 6) is 0.0618. The molecule has 1 aliphatic rings. The van der Waals surface area contributed by atoms with Gasteiger partial charge in [-0.3, -0.25) is 9.10 Å². The van der Waals surface area contributed by atoms with Crippen LogP contribution in [0.3, 0.4) is 0 Å². The number of para-hydroxylation sites is 2. The molecule has 2 atom stereocenters. The average molecular weight is 403 g/mol. The predicted molar refractivity (Wildman–Crippen MR) is 110 cm³/mol. The first-order valence-electron chi connectivity index (χ1n) is 9.31. The lowest BCUT2D eigenvalue weighted by molar-refractivity contribution is -0.128. The SMILES string of the molecule is CCC(NC(=O)C1CN(S(C)(=O)=O)c2ccccc2O1)c1ccc(C)c(C)c1. The van der Waals surface area contributed by atoms with Gasteiger partial charge in [-0.25, -0.2) is 8.42 Å². The molecule has 2 aromatic rings. The smallest absolute Gasteiger partial charge is 0.263 e. The summed E-state index contributed by atoms with van der Waals surface area (Å²) < 4.78 is 31.5. The summed E-state index contributed by atoms with van der Waals surface area (Å²) in [6.45, 7) is 6.04. The number of carbonyl (C=O) groups is 1. The molecule has 0 radical (unpaired) electrons. The van der Waals surface area contributed by atoms with Crippen LogP contribution in [0.4, 0.5) is 5.69 Å². The van der Waals surface area contributed by atoms with Gasteiger partial charge in [-0.15, -0.1) is 0 Å². The lowest BCUT2D eigenvalue weighted by Gasteiger charge is -2.34. The van der Waals surface area contributed by atoms with Crippen molar-refractivity contribution < 1.29 is 17.9 Å². The predicted octanol–water partition coefficient (Wildman–Crippen LogP) is 3.10. The van der Waals surface area contributed by atoms with Crippen LogP contribution in [0.2, 0.25) is 0 Å². The highest BCUT2D eigenvalue weighted by Crippen LogP contribution is 2.34. The summed E-state index contributed by atoms with van der Waals surface area (Å²) in [4.78, 5) is 12.9. The van der Waals surface area contributed by atoms with Crippen molar-refractivity contribution in [3.8, 4) is 5.75 Å². The normalized spacial score (nSPS) is 17.4. The van der Waals surface area contributed by atoms with Crippen molar-refractivity contribution in [1.82, 2.24) is 5.32 Å². The highest BCUT2D eigenvalue weighted by molar-refractivity contribution is 7.92. The Hall–Kier alpha value is -2.54. The maximum absolute atomic E-state index is 12.9. The molecule has 7 heteroatoms. The molecule has 0 saturated carbocycles. The largest absolute Gasteiger partial charge is 0.476 e. The van der Waals surface area contributed by atoms with Crippen LogP contribution in [0.15, 0.2) is 42.5 Å². The number of fused-ring (bicyclic) bond motifs is 1. The van der Waals surface area contributed by atoms with E-state index in [2.05, 4.69) is 11.4 Å². The van der Waals surface area contributed by atoms with E-state index in [-0.39, 0.29) is 18.5 Å². The maximum Gasteiger partial charge on any atom is 0.263 e. The van der Waals surface area contributed by atoms with E-state index in [4.69, 9.17) is 4.74 Å². The summed E-state index contributed by atoms with van der Waals surface area (Å²) in [5, 5.41) is 3.02. The van der Waals surface area contributed by atoms with Crippen LogP contribution in [0.25, 0.3) is 0 Å². The number of amides is 1. The molecule has 1 amide bonds. The van der Waals surface area contributed by atoms with E-state index in [1.807, 2.05) is 32.9 Å². The number of nitrogens with zero attached hydrogens (tertiary/aromatic N) is 1. The molecule has 1 aliphatic heterocycles. The number of ether oxygens (including phenoxy) is 1. The van der Waals surface area contributed by atoms with Gasteiger partial charge in [0.1, 0.15) is 5.75 Å². The number of anilines is 1. The number of hydrogen-bond donors (Lipinski definition) is 1. The van der Waals surface area contributed by atoms with E-state index < -0.39 is 16.1 Å². The average Bonchev–Trinajstić information content (AvgIpc) is 2.66. The van der Waals surface area contributed by atoms with Crippen LogP contribution in [-0.4, -0.2) is 33.2 Å². The minimum atomic E-state index is -3.53. The molecule has 0 aliphatic carbocycles. The molecule has 28 heavy (non-hydrogen) atoms. The minimum absolute atomic E-state index is 0.0506. The first kappa shape index (κ1) is 20.2. The van der Waals surface area contributed by atoms with Gasteiger partial charge in [0, 0.05) is 0 Å². The van der Waals surface area contributed by atoms with Gasteiger partial charge in [0.2, 0.25) is 10.0 Å². The van der Waals surface area contributed by atoms with Gasteiger partial charge in [-0.2, -0.15) is 0 Å². The van der Waals surface area contributed by atoms with Crippen molar-refractivity contribution in [3.63, 3.8) is 0 Å². The molecule has 1 N–H and O–H groups in total. The van der Waals surface area contributed by atoms with E-state index in [1.165, 1.54) is 9.87 Å². The zero-order valence-corrected chi connectivity index (χ0v) is 17.4. The lowest BCUT2D eigenvalue weighted by Crippen LogP contribution is -2.51. The Balaban J connectivity index is 1.83. The Morgan fingerprint density at radius 1 is 1.21 bits per heavy atom. The Labute approximate surface area is 166 Å². The molecular formula is C21H26N2O4S. The minimum Gasteiger partial charge on any atom is -0.476 e. The van der Waals surface area contributed by atoms with Crippen molar-refractivity contribution >= 4 is 21.6 Å². The van der Waals surface area contributed by atoms with Crippen LogP contribution in [-0.2, 0) is 14.8 Å². The monoisotopic (exact) mass is 402 g/mol. The number of sulfonamides is 1. The molecule has 6 nitrogen and oxygen atoms in total. The van der Waals surface area contributed by atoms with Crippen molar-refractivity contribution in [2.24, 2.45) is 0 Å². The van der Waals surface area contributed by atoms with Crippen molar-refractivity contribution in [2.45, 2.75) is 39.3 Å². The molecule has 0 saturated heterocycles. The maximum atomic E-state index is 12.9. The quantitative estimate of drug-likeness (QED) is 0.834. The van der Waals surface area contributed by atoms with Crippen LogP contribution in [0.1, 0.15) is 36.1 Å². The van der Waals surface area contributed by atoms with Gasteiger partial charge in [-0.05, 0) is 49.1 Å². The van der Waals surface area contributed by atoms with E-state index in [1.54, 1.807) is 24.3 Å². The van der Waals surface area contributed by atoms with E-state index in [0.29, 0.717) is 17.9 Å². The molecular weight excluding hydrogens is 376 g/mol. The summed E-state index contributed by atoms with van der Waals surface area (Å²) in [6.07, 6.45) is 0.937. The molecule has 0 bridgehead atoms. The molecule has 2 aromatic carbocycles. The van der Waals surface area contributed by atoms with Crippen LogP contribution < -0.4 is 14.4 Å². The third-order valence-corrected chi connectivity index (χ3v) is 6.23. The number of aryl methyl sites for hydroxylation is 2. The molecule has 2 unspecified atom stereocenters. The first-order chi connectivity index (χ1) is 13.2. The number of hydrogen-bond acceptors (Lipinski definition) is 4. The summed E-state index contributed by atoms with van der Waals surface area (Å²) >= 11 is 0. The molecule has 1 heterocycles. The fourth-order valence-electron chi connectivity index (χ4n) is 3.32. The second-order valence-electron chi connectivity index (χ2n) is 7.18. The van der Waals surface area contributed by atoms with E-state index in [9.17, 15) is 13.2 Å². The first-order valence-corrected chi connectivity index (χ1v) is 11.2. The molecule has 0 fully saturated rings. The van der Waals surface area contributed by atoms with Crippen LogP contribution in [0.5, 0.6) is 5.75 Å². The van der Waals surface area contributed by atoms with Crippen molar-refractivity contribution in [2.75, 3.05) is 17.1 Å². The van der Waals surface area contributed by atoms with Gasteiger partial charge in [-0.1, -0.05) is 37.3 Å². The Morgan fingerprint density at radius 2 is 1.93 bits per heavy atom. The zero-order valence-electron chi connectivity index (χ0n) is 16.6. The van der Waals surface area contributed by atoms with Crippen molar-refractivity contribution in [1.29, 1.82) is 0 Å². The zero-order chi connectivity index (χ0) is 20.5. The molecule has 3 rings (SSSR count). The summed E-state index contributed by atoms with van der Waals surface area (Å²) in [5.41, 5.74) is 3.84. The molecule has 0 spiro atoms. The summed E-state index contributed by atoms with van der Waals surface area (Å²) in [7, 11) is -3.53. The van der Waals surface area contributed by atoms with E-state index in [0.717, 1.165) is 17.4 Å². The highest BCUT2D eigenvalue weighted by Gasteiger charge is 2.35. The third kappa shape index (κ3) is 4.14. The second-order valence-corrected chi connectivity index (χ2v) is 9.09. The van der Waals surface area contributed by atoms with Crippen molar-refractivity contribution in [3.05, 3.63) is 59.2 Å². The standard InChI is InChI=1S/C21H26N2O4S/c1-5-17(16-11-10-14(2)15(3)12-16)22-21(24)20-13-23(28(4,25)26)18-8-6-7-9-19(18)27-20/h6-12,17,20H,5,13H2,1-4H3,(H,22,24). The fraction of sp³-hybridized carbons (Fsp3) is 0.381. The highest BCUT2D eigenvalue weighted by atomic mass is 32.2. The van der Waals surface area contributed by atoms with Gasteiger partial charge in [0.15, 0.2) is 6.10 Å². The Bertz CT molecular complexity index is 988. The molecule has 150 valence electrons. The topological polar surface area (TPSA) is 75.7 Å².